The van der Waals surface area contributed by atoms with Gasteiger partial charge in [-0.2, -0.15) is 0 Å². The number of imide groups is 2. The van der Waals surface area contributed by atoms with Crippen LogP contribution in [0.1, 0.15) is 127 Å². The van der Waals surface area contributed by atoms with E-state index in [4.69, 9.17) is 28.8 Å². The minimum Gasteiger partial charge on any atom is -0.394 e. The highest BCUT2D eigenvalue weighted by Gasteiger charge is 2.56. The van der Waals surface area contributed by atoms with Gasteiger partial charge in [0.1, 0.15) is 30.5 Å². The predicted octanol–water partition coefficient (Wildman–Crippen LogP) is 8.79. The molecule has 6 aromatic rings. The largest absolute Gasteiger partial charge is 0.394 e. The highest BCUT2D eigenvalue weighted by Crippen LogP contribution is 2.46. The minimum atomic E-state index is -1.18. The Morgan fingerprint density at radius 3 is 1.29 bits per heavy atom. The second kappa shape index (κ2) is 31.4. The first kappa shape index (κ1) is 70.7. The van der Waals surface area contributed by atoms with Gasteiger partial charge in [0, 0.05) is 120 Å². The van der Waals surface area contributed by atoms with Gasteiger partial charge in [-0.15, -0.1) is 12.4 Å². The third kappa shape index (κ3) is 16.0. The molecular weight excluding hydrogens is 1260 g/mol. The molecule has 5 fully saturated rings. The highest BCUT2D eigenvalue weighted by atomic mass is 35.5. The summed E-state index contributed by atoms with van der Waals surface area (Å²) < 4.78 is 28.7. The van der Waals surface area contributed by atoms with Crippen LogP contribution < -0.4 is 0 Å². The topological polar surface area (TPSA) is 303 Å². The van der Waals surface area contributed by atoms with E-state index >= 15 is 0 Å². The third-order valence-electron chi connectivity index (χ3n) is 18.2. The Morgan fingerprint density at radius 1 is 0.546 bits per heavy atom. The van der Waals surface area contributed by atoms with Gasteiger partial charge in [0.2, 0.25) is 0 Å². The zero-order valence-electron chi connectivity index (χ0n) is 53.9. The number of aliphatic hydroxyl groups excluding tert-OH is 3. The molecule has 97 heavy (non-hydrogen) atoms. The maximum atomic E-state index is 13.4. The van der Waals surface area contributed by atoms with Crippen molar-refractivity contribution < 1.29 is 63.0 Å². The van der Waals surface area contributed by atoms with Crippen molar-refractivity contribution in [2.24, 2.45) is 10.2 Å². The number of nitrogens with zero attached hydrogens (tertiary/aromatic N) is 10. The maximum absolute atomic E-state index is 13.4. The van der Waals surface area contributed by atoms with Crippen molar-refractivity contribution in [2.75, 3.05) is 52.5 Å². The standard InChI is InChI=1S/C35H35N5O6.C34H31N5O5.C4H8O2.ClH/c1-35(2)45-30(32(46-35)29(42)21-41)20-39-27(18-37-38-36)31(24-16-14-23(15-17-24)13-12-22-8-4-3-5-9-22)28(39)19-40-33(43)25-10-6-7-11-26(25)34(40)44;1-34(2)43-29(30(21-40)44-34)20-38-27(18-36-37-35)31(24-16-14-23(15-17-24)13-12-22-8-4-3-5-9-22)28(38)19-39-32(41)25-10-6-7-11-26(25)33(39)42;5-4-2-1-3-6-4;/h3-11,14-17,27-32,41-42H,18-21H2,1-2H3;3-11,14-17,21,27-31H,18-20H2,1-2H3;4-5H,1-3H2;1H/t27-,28+,29+,30-,31+,32+;27-,28+,29-,30+,31+;;/m00../s1. The van der Waals surface area contributed by atoms with E-state index in [9.17, 15) is 45.2 Å². The zero-order valence-corrected chi connectivity index (χ0v) is 54.7. The van der Waals surface area contributed by atoms with E-state index in [0.29, 0.717) is 22.3 Å². The van der Waals surface area contributed by atoms with Crippen LogP contribution in [0.5, 0.6) is 0 Å². The van der Waals surface area contributed by atoms with Gasteiger partial charge in [0.25, 0.3) is 23.6 Å². The first-order chi connectivity index (χ1) is 46.4. The molecule has 0 aromatic heterocycles. The number of aldehydes is 1. The molecule has 1 unspecified atom stereocenters. The number of azide groups is 2. The Balaban J connectivity index is 0.000000192. The normalized spacial score (nSPS) is 25.8. The number of likely N-dealkylation sites (tertiary alicyclic amines) is 2. The van der Waals surface area contributed by atoms with Crippen molar-refractivity contribution in [2.45, 2.75) is 125 Å². The number of hydrogen-bond donors (Lipinski definition) is 3. The summed E-state index contributed by atoms with van der Waals surface area (Å²) in [4.78, 5) is 78.2. The average Bonchev–Trinajstić information content (AvgIpc) is 1.69. The fourth-order valence-corrected chi connectivity index (χ4v) is 13.8. The van der Waals surface area contributed by atoms with E-state index in [1.54, 1.807) is 76.2 Å². The van der Waals surface area contributed by atoms with E-state index in [0.717, 1.165) is 59.1 Å². The Labute approximate surface area is 567 Å². The summed E-state index contributed by atoms with van der Waals surface area (Å²) in [5.74, 6) is 8.92. The average molecular weight is 1340 g/mol. The van der Waals surface area contributed by atoms with Gasteiger partial charge in [-0.25, -0.2) is 0 Å². The number of benzene rings is 6. The van der Waals surface area contributed by atoms with Crippen molar-refractivity contribution in [3.63, 3.8) is 0 Å². The maximum Gasteiger partial charge on any atom is 0.261 e. The molecule has 3 N–H and O–H groups in total. The summed E-state index contributed by atoms with van der Waals surface area (Å²) in [6.07, 6.45) is -1.91. The van der Waals surface area contributed by atoms with Crippen molar-refractivity contribution in [1.82, 2.24) is 19.6 Å². The van der Waals surface area contributed by atoms with Crippen molar-refractivity contribution in [3.05, 3.63) is 234 Å². The van der Waals surface area contributed by atoms with Gasteiger partial charge in [-0.05, 0) is 129 Å². The molecule has 0 spiro atoms. The summed E-state index contributed by atoms with van der Waals surface area (Å²) >= 11 is 0. The van der Waals surface area contributed by atoms with Crippen molar-refractivity contribution in [1.29, 1.82) is 0 Å². The SMILES string of the molecule is CC1(C)O[C@@H](CN2[C@H](CN3C(=O)c4ccccc4C3=O)[C@H](c3ccc(C#Cc4ccccc4)cc3)[C@@H]2CN=[N+]=[N-])[C@@H](C=O)O1.CC1(C)O[C@H]([C@H](O)CO)[C@H](CN2[C@H](CN3C(=O)c4ccccc4C3=O)[C@H](c3ccc(C#Cc4ccccc4)cc3)[C@@H]2CN=[N+]=[N-])O1.Cl.OC1CCCO1. The smallest absolute Gasteiger partial charge is 0.261 e. The number of amides is 4. The van der Waals surface area contributed by atoms with E-state index < -0.39 is 55.0 Å². The molecule has 12 atom stereocenters. The molecule has 7 aliphatic heterocycles. The molecule has 7 aliphatic rings. The predicted molar refractivity (Wildman–Crippen MR) is 359 cm³/mol. The molecule has 5 saturated heterocycles. The number of fused-ring (bicyclic) bond motifs is 2. The van der Waals surface area contributed by atoms with Gasteiger partial charge >= 0.3 is 0 Å². The molecule has 0 saturated carbocycles. The van der Waals surface area contributed by atoms with Gasteiger partial charge in [-0.1, -0.05) is 119 Å². The Morgan fingerprint density at radius 2 is 0.928 bits per heavy atom. The number of carbonyl (C=O) groups is 5. The van der Waals surface area contributed by atoms with Crippen molar-refractivity contribution in [3.8, 4) is 23.7 Å². The number of rotatable bonds is 17. The molecule has 23 nitrogen and oxygen atoms in total. The summed E-state index contributed by atoms with van der Waals surface area (Å²) in [6, 6.07) is 47.4. The Hall–Kier alpha value is -9.10. The third-order valence-corrected chi connectivity index (χ3v) is 18.2. The number of aliphatic hydroxyl groups is 3. The second-order valence-electron chi connectivity index (χ2n) is 25.2. The van der Waals surface area contributed by atoms with E-state index in [1.807, 2.05) is 109 Å². The van der Waals surface area contributed by atoms with Crippen molar-refractivity contribution >= 4 is 42.3 Å². The molecule has 0 bridgehead atoms. The fourth-order valence-electron chi connectivity index (χ4n) is 13.8. The zero-order chi connectivity index (χ0) is 67.7. The first-order valence-corrected chi connectivity index (χ1v) is 31.9. The Bertz CT molecular complexity index is 3980. The lowest BCUT2D eigenvalue weighted by Gasteiger charge is -2.57. The monoisotopic (exact) mass is 1330 g/mol. The van der Waals surface area contributed by atoms with Crippen LogP contribution in [-0.4, -0.2) is 190 Å². The fraction of sp³-hybridized carbons (Fsp3) is 0.384. The van der Waals surface area contributed by atoms with Crippen LogP contribution in [0.4, 0.5) is 0 Å². The van der Waals surface area contributed by atoms with Crippen LogP contribution in [-0.2, 0) is 28.5 Å². The molecule has 4 amide bonds. The number of hydrogen-bond acceptors (Lipinski definition) is 17. The lowest BCUT2D eigenvalue weighted by molar-refractivity contribution is -0.160. The molecule has 0 aliphatic carbocycles. The number of ether oxygens (including phenoxy) is 5. The Kier molecular flexibility index (Phi) is 22.9. The molecule has 7 heterocycles. The summed E-state index contributed by atoms with van der Waals surface area (Å²) in [5, 5.41) is 36.6. The highest BCUT2D eigenvalue weighted by molar-refractivity contribution is 6.22. The van der Waals surface area contributed by atoms with Crippen LogP contribution in [0.15, 0.2) is 168 Å². The molecule has 0 radical (unpaired) electrons. The van der Waals surface area contributed by atoms with Gasteiger partial charge in [0.05, 0.1) is 28.9 Å². The van der Waals surface area contributed by atoms with Crippen LogP contribution in [0.25, 0.3) is 20.9 Å². The van der Waals surface area contributed by atoms with Crippen LogP contribution in [0.3, 0.4) is 0 Å². The summed E-state index contributed by atoms with van der Waals surface area (Å²) in [6.45, 7) is 8.19. The lowest BCUT2D eigenvalue weighted by Crippen LogP contribution is -2.68. The lowest BCUT2D eigenvalue weighted by atomic mass is 9.74. The first-order valence-electron chi connectivity index (χ1n) is 31.9. The van der Waals surface area contributed by atoms with E-state index in [-0.39, 0.29) is 111 Å². The number of halogens is 1. The number of carbonyl (C=O) groups excluding carboxylic acids is 5. The quantitative estimate of drug-likeness (QED) is 0.0192. The molecule has 24 heteroatoms. The van der Waals surface area contributed by atoms with Gasteiger partial charge in [0.15, 0.2) is 24.2 Å². The molecule has 6 aromatic carbocycles. The minimum absolute atomic E-state index is 0. The van der Waals surface area contributed by atoms with E-state index in [2.05, 4.69) is 53.5 Å². The van der Waals surface area contributed by atoms with Gasteiger partial charge in [-0.3, -0.25) is 38.8 Å². The second-order valence-corrected chi connectivity index (χ2v) is 25.2. The van der Waals surface area contributed by atoms with Crippen LogP contribution in [0, 0.1) is 23.7 Å². The van der Waals surface area contributed by atoms with Gasteiger partial charge < -0.3 is 43.8 Å². The van der Waals surface area contributed by atoms with Crippen LogP contribution in [0.2, 0.25) is 0 Å². The molecule has 13 rings (SSSR count). The summed E-state index contributed by atoms with van der Waals surface area (Å²) in [7, 11) is 0. The molecule has 502 valence electrons. The van der Waals surface area contributed by atoms with Crippen LogP contribution >= 0.6 is 12.4 Å². The molecular formula is C73H75ClN10O13. The van der Waals surface area contributed by atoms with E-state index in [1.165, 1.54) is 9.80 Å². The summed E-state index contributed by atoms with van der Waals surface area (Å²) in [5.41, 5.74) is 25.3.